The van der Waals surface area contributed by atoms with Crippen LogP contribution in [0.4, 0.5) is 13.2 Å². The highest BCUT2D eigenvalue weighted by molar-refractivity contribution is 5.78. The highest BCUT2D eigenvalue weighted by atomic mass is 19.4. The van der Waals surface area contributed by atoms with Crippen LogP contribution in [0.1, 0.15) is 32.6 Å². The zero-order chi connectivity index (χ0) is 16.2. The van der Waals surface area contributed by atoms with E-state index in [0.29, 0.717) is 38.8 Å². The number of carbonyl (C=O) groups is 1. The van der Waals surface area contributed by atoms with E-state index in [1.807, 2.05) is 0 Å². The summed E-state index contributed by atoms with van der Waals surface area (Å²) in [6.07, 6.45) is 0.382. The second-order valence-electron chi connectivity index (χ2n) is 6.30. The fraction of sp³-hybridized carbons (Fsp3) is 0.933. The van der Waals surface area contributed by atoms with Crippen LogP contribution < -0.4 is 0 Å². The van der Waals surface area contributed by atoms with E-state index in [-0.39, 0.29) is 5.91 Å². The minimum Gasteiger partial charge on any atom is -0.339 e. The van der Waals surface area contributed by atoms with Gasteiger partial charge in [-0.25, -0.2) is 0 Å². The summed E-state index contributed by atoms with van der Waals surface area (Å²) in [4.78, 5) is 17.7. The number of rotatable bonds is 4. The molecule has 2 heterocycles. The summed E-state index contributed by atoms with van der Waals surface area (Å²) in [6.45, 7) is 4.06. The Bertz CT molecular complexity index is 368. The van der Waals surface area contributed by atoms with E-state index in [2.05, 4.69) is 11.8 Å². The molecule has 0 spiro atoms. The number of piperazine rings is 1. The normalized spacial score (nSPS) is 25.5. The molecule has 0 aliphatic carbocycles. The number of nitrogens with zero attached hydrogens (tertiary/aromatic N) is 3. The van der Waals surface area contributed by atoms with Gasteiger partial charge in [-0.15, -0.1) is 0 Å². The molecule has 4 nitrogen and oxygen atoms in total. The first-order valence-corrected chi connectivity index (χ1v) is 8.20. The van der Waals surface area contributed by atoms with Crippen LogP contribution in [0.3, 0.4) is 0 Å². The smallest absolute Gasteiger partial charge is 0.339 e. The van der Waals surface area contributed by atoms with Gasteiger partial charge in [-0.3, -0.25) is 14.6 Å². The molecule has 2 fully saturated rings. The van der Waals surface area contributed by atoms with Crippen molar-refractivity contribution in [2.75, 3.05) is 45.8 Å². The lowest BCUT2D eigenvalue weighted by molar-refractivity contribution is -0.152. The summed E-state index contributed by atoms with van der Waals surface area (Å²) in [6, 6.07) is 0.476. The van der Waals surface area contributed by atoms with Crippen molar-refractivity contribution in [1.82, 2.24) is 14.7 Å². The highest BCUT2D eigenvalue weighted by Crippen LogP contribution is 2.20. The minimum absolute atomic E-state index is 0.0620. The zero-order valence-electron chi connectivity index (χ0n) is 13.2. The highest BCUT2D eigenvalue weighted by Gasteiger charge is 2.33. The molecule has 0 aromatic carbocycles. The second-order valence-corrected chi connectivity index (χ2v) is 6.30. The standard InChI is InChI=1S/C15H26F3N3O/c1-2-13-5-3-4-6-21(13)11-14(22)20-9-7-19(8-10-20)12-15(16,17)18/h13H,2-12H2,1H3. The summed E-state index contributed by atoms with van der Waals surface area (Å²) < 4.78 is 37.1. The number of carbonyl (C=O) groups excluding carboxylic acids is 1. The molecule has 2 saturated heterocycles. The number of hydrogen-bond acceptors (Lipinski definition) is 3. The lowest BCUT2D eigenvalue weighted by Gasteiger charge is -2.38. The molecule has 2 rings (SSSR count). The van der Waals surface area contributed by atoms with Gasteiger partial charge in [0.25, 0.3) is 0 Å². The quantitative estimate of drug-likeness (QED) is 0.792. The first-order chi connectivity index (χ1) is 10.4. The molecule has 0 saturated carbocycles. The molecule has 0 aromatic rings. The van der Waals surface area contributed by atoms with Gasteiger partial charge in [0.2, 0.25) is 5.91 Å². The topological polar surface area (TPSA) is 26.8 Å². The van der Waals surface area contributed by atoms with Crippen molar-refractivity contribution in [2.24, 2.45) is 0 Å². The number of hydrogen-bond donors (Lipinski definition) is 0. The molecule has 0 N–H and O–H groups in total. The van der Waals surface area contributed by atoms with Gasteiger partial charge in [0.1, 0.15) is 0 Å². The van der Waals surface area contributed by atoms with E-state index < -0.39 is 12.7 Å². The molecule has 1 atom stereocenters. The van der Waals surface area contributed by atoms with Gasteiger partial charge in [-0.1, -0.05) is 13.3 Å². The maximum Gasteiger partial charge on any atom is 0.401 e. The van der Waals surface area contributed by atoms with Crippen LogP contribution in [-0.4, -0.2) is 78.6 Å². The van der Waals surface area contributed by atoms with E-state index >= 15 is 0 Å². The molecule has 1 unspecified atom stereocenters. The molecule has 7 heteroatoms. The third-order valence-electron chi connectivity index (χ3n) is 4.69. The van der Waals surface area contributed by atoms with Gasteiger partial charge >= 0.3 is 6.18 Å². The Labute approximate surface area is 130 Å². The van der Waals surface area contributed by atoms with Gasteiger partial charge in [0, 0.05) is 32.2 Å². The third kappa shape index (κ3) is 5.12. The first kappa shape index (κ1) is 17.5. The molecule has 128 valence electrons. The summed E-state index contributed by atoms with van der Waals surface area (Å²) in [7, 11) is 0. The van der Waals surface area contributed by atoms with Crippen molar-refractivity contribution in [1.29, 1.82) is 0 Å². The fourth-order valence-corrected chi connectivity index (χ4v) is 3.41. The fourth-order valence-electron chi connectivity index (χ4n) is 3.41. The van der Waals surface area contributed by atoms with Crippen molar-refractivity contribution in [2.45, 2.75) is 44.8 Å². The van der Waals surface area contributed by atoms with Crippen LogP contribution in [0.25, 0.3) is 0 Å². The predicted molar refractivity (Wildman–Crippen MR) is 78.6 cm³/mol. The van der Waals surface area contributed by atoms with Crippen LogP contribution in [-0.2, 0) is 4.79 Å². The Morgan fingerprint density at radius 1 is 1.09 bits per heavy atom. The van der Waals surface area contributed by atoms with Crippen molar-refractivity contribution in [3.63, 3.8) is 0 Å². The molecule has 2 aliphatic rings. The molecular weight excluding hydrogens is 295 g/mol. The molecule has 0 bridgehead atoms. The Hall–Kier alpha value is -0.820. The molecule has 22 heavy (non-hydrogen) atoms. The Morgan fingerprint density at radius 3 is 2.36 bits per heavy atom. The lowest BCUT2D eigenvalue weighted by atomic mass is 10.00. The summed E-state index contributed by atoms with van der Waals surface area (Å²) in [5.41, 5.74) is 0. The van der Waals surface area contributed by atoms with Crippen LogP contribution in [0.15, 0.2) is 0 Å². The largest absolute Gasteiger partial charge is 0.401 e. The van der Waals surface area contributed by atoms with E-state index in [9.17, 15) is 18.0 Å². The number of amides is 1. The maximum absolute atomic E-state index is 12.4. The zero-order valence-corrected chi connectivity index (χ0v) is 13.2. The van der Waals surface area contributed by atoms with Gasteiger partial charge in [0.05, 0.1) is 13.1 Å². The average Bonchev–Trinajstić information content (AvgIpc) is 2.47. The number of halogens is 3. The van der Waals surface area contributed by atoms with Gasteiger partial charge < -0.3 is 4.90 Å². The van der Waals surface area contributed by atoms with Gasteiger partial charge in [-0.2, -0.15) is 13.2 Å². The van der Waals surface area contributed by atoms with Crippen molar-refractivity contribution < 1.29 is 18.0 Å². The van der Waals surface area contributed by atoms with E-state index in [1.165, 1.54) is 11.3 Å². The number of likely N-dealkylation sites (tertiary alicyclic amines) is 1. The average molecular weight is 321 g/mol. The Morgan fingerprint density at radius 2 is 1.77 bits per heavy atom. The Kier molecular flexibility index (Phi) is 6.09. The molecule has 2 aliphatic heterocycles. The minimum atomic E-state index is -4.16. The predicted octanol–water partition coefficient (Wildman–Crippen LogP) is 1.96. The van der Waals surface area contributed by atoms with E-state index in [0.717, 1.165) is 25.8 Å². The van der Waals surface area contributed by atoms with Crippen LogP contribution in [0, 0.1) is 0 Å². The number of alkyl halides is 3. The molecule has 0 radical (unpaired) electrons. The van der Waals surface area contributed by atoms with Crippen LogP contribution in [0.2, 0.25) is 0 Å². The monoisotopic (exact) mass is 321 g/mol. The SMILES string of the molecule is CCC1CCCCN1CC(=O)N1CCN(CC(F)(F)F)CC1. The van der Waals surface area contributed by atoms with Crippen LogP contribution in [0.5, 0.6) is 0 Å². The third-order valence-corrected chi connectivity index (χ3v) is 4.69. The summed E-state index contributed by atoms with van der Waals surface area (Å²) in [5.74, 6) is 0.0620. The summed E-state index contributed by atoms with van der Waals surface area (Å²) >= 11 is 0. The van der Waals surface area contributed by atoms with Gasteiger partial charge in [0.15, 0.2) is 0 Å². The van der Waals surface area contributed by atoms with E-state index in [4.69, 9.17) is 0 Å². The van der Waals surface area contributed by atoms with Crippen molar-refractivity contribution in [3.05, 3.63) is 0 Å². The number of piperidine rings is 1. The lowest BCUT2D eigenvalue weighted by Crippen LogP contribution is -2.54. The Balaban J connectivity index is 1.77. The van der Waals surface area contributed by atoms with Crippen LogP contribution >= 0.6 is 0 Å². The maximum atomic E-state index is 12.4. The molecular formula is C15H26F3N3O. The first-order valence-electron chi connectivity index (χ1n) is 8.20. The van der Waals surface area contributed by atoms with Crippen molar-refractivity contribution >= 4 is 5.91 Å². The molecule has 0 aromatic heterocycles. The molecule has 1 amide bonds. The second kappa shape index (κ2) is 7.64. The summed E-state index contributed by atoms with van der Waals surface area (Å²) in [5, 5.41) is 0. The van der Waals surface area contributed by atoms with E-state index in [1.54, 1.807) is 4.90 Å². The van der Waals surface area contributed by atoms with Gasteiger partial charge in [-0.05, 0) is 25.8 Å². The van der Waals surface area contributed by atoms with Crippen molar-refractivity contribution in [3.8, 4) is 0 Å².